The smallest absolute Gasteiger partial charge is 0.238 e. The third-order valence-electron chi connectivity index (χ3n) is 8.19. The third kappa shape index (κ3) is 6.97. The van der Waals surface area contributed by atoms with E-state index in [1.165, 1.54) is 0 Å². The summed E-state index contributed by atoms with van der Waals surface area (Å²) in [6.07, 6.45) is 6.20. The van der Waals surface area contributed by atoms with E-state index in [4.69, 9.17) is 5.10 Å². The molecule has 0 aliphatic heterocycles. The van der Waals surface area contributed by atoms with Crippen LogP contribution < -0.4 is 4.72 Å². The van der Waals surface area contributed by atoms with Crippen molar-refractivity contribution in [2.75, 3.05) is 11.3 Å². The number of anilines is 1. The molecule has 6 rings (SSSR count). The van der Waals surface area contributed by atoms with Crippen molar-refractivity contribution in [2.45, 2.75) is 57.4 Å². The Hall–Kier alpha value is -4.57. The minimum Gasteiger partial charge on any atom is -0.338 e. The predicted octanol–water partition coefficient (Wildman–Crippen LogP) is 5.76. The van der Waals surface area contributed by atoms with Crippen LogP contribution in [0, 0.1) is 6.92 Å². The molecule has 2 heterocycles. The Balaban J connectivity index is 1.16. The minimum atomic E-state index is -3.66. The highest BCUT2D eigenvalue weighted by Gasteiger charge is 2.27. The average molecular weight is 609 g/mol. The number of nitrogens with one attached hydrogen (secondary N) is 1. The number of rotatable bonds is 11. The highest BCUT2D eigenvalue weighted by atomic mass is 32.2. The lowest BCUT2D eigenvalue weighted by molar-refractivity contribution is -0.132. The molecule has 0 saturated heterocycles. The van der Waals surface area contributed by atoms with Crippen molar-refractivity contribution in [1.82, 2.24) is 24.6 Å². The second-order valence-electron chi connectivity index (χ2n) is 11.3. The van der Waals surface area contributed by atoms with Crippen LogP contribution in [0.5, 0.6) is 0 Å². The van der Waals surface area contributed by atoms with Crippen LogP contribution in [0.15, 0.2) is 91.1 Å². The van der Waals surface area contributed by atoms with Gasteiger partial charge in [-0.1, -0.05) is 85.6 Å². The van der Waals surface area contributed by atoms with E-state index in [1.54, 1.807) is 30.5 Å². The Morgan fingerprint density at radius 3 is 2.55 bits per heavy atom. The molecule has 1 N–H and O–H groups in total. The molecular weight excluding hydrogens is 572 g/mol. The molecule has 9 nitrogen and oxygen atoms in total. The second-order valence-corrected chi connectivity index (χ2v) is 13.0. The topological polar surface area (TPSA) is 110 Å². The number of aryl methyl sites for hydroxylation is 1. The van der Waals surface area contributed by atoms with Gasteiger partial charge in [-0.15, -0.1) is 0 Å². The summed E-state index contributed by atoms with van der Waals surface area (Å²) in [5, 5.41) is 6.99. The zero-order valence-electron chi connectivity index (χ0n) is 24.8. The molecule has 1 aliphatic carbocycles. The Bertz CT molecular complexity index is 1860. The predicted molar refractivity (Wildman–Crippen MR) is 172 cm³/mol. The fraction of sp³-hybridized carbons (Fsp3) is 0.294. The molecular formula is C34H36N6O3S. The third-order valence-corrected chi connectivity index (χ3v) is 9.43. The number of aromatic nitrogens is 4. The maximum atomic E-state index is 13.8. The molecule has 2 aromatic heterocycles. The van der Waals surface area contributed by atoms with Gasteiger partial charge in [0.25, 0.3) is 0 Å². The normalized spacial score (nSPS) is 13.8. The number of carbonyl (C=O) groups excluding carboxylic acids is 1. The molecule has 0 atom stereocenters. The SMILES string of the molecule is Cc1nc(-c2ccnc(NS(=O)(=O)Cc3ccccc3)c2)nn1CCN(C(=O)Cc1cccc2ccccc12)C1CCCC1. The van der Waals surface area contributed by atoms with Gasteiger partial charge in [0.15, 0.2) is 5.82 Å². The molecule has 5 aromatic rings. The summed E-state index contributed by atoms with van der Waals surface area (Å²) in [5.41, 5.74) is 2.39. The molecule has 1 saturated carbocycles. The van der Waals surface area contributed by atoms with Crippen LogP contribution in [0.1, 0.15) is 42.6 Å². The lowest BCUT2D eigenvalue weighted by atomic mass is 10.0. The van der Waals surface area contributed by atoms with Crippen molar-refractivity contribution in [3.63, 3.8) is 0 Å². The Morgan fingerprint density at radius 2 is 1.73 bits per heavy atom. The van der Waals surface area contributed by atoms with E-state index in [0.717, 1.165) is 47.8 Å². The molecule has 1 fully saturated rings. The van der Waals surface area contributed by atoms with E-state index in [2.05, 4.69) is 32.9 Å². The molecule has 0 unspecified atom stereocenters. The highest BCUT2D eigenvalue weighted by molar-refractivity contribution is 7.91. The number of sulfonamides is 1. The van der Waals surface area contributed by atoms with Crippen molar-refractivity contribution in [3.8, 4) is 11.4 Å². The van der Waals surface area contributed by atoms with Gasteiger partial charge < -0.3 is 4.90 Å². The fourth-order valence-corrected chi connectivity index (χ4v) is 7.14. The second kappa shape index (κ2) is 13.0. The summed E-state index contributed by atoms with van der Waals surface area (Å²) in [6.45, 7) is 2.94. The summed E-state index contributed by atoms with van der Waals surface area (Å²) in [6, 6.07) is 27.0. The number of fused-ring (bicyclic) bond motifs is 1. The van der Waals surface area contributed by atoms with E-state index in [-0.39, 0.29) is 23.5 Å². The summed E-state index contributed by atoms with van der Waals surface area (Å²) in [5.74, 6) is 1.38. The van der Waals surface area contributed by atoms with E-state index >= 15 is 0 Å². The summed E-state index contributed by atoms with van der Waals surface area (Å²) < 4.78 is 29.9. The molecule has 0 spiro atoms. The van der Waals surface area contributed by atoms with Crippen molar-refractivity contribution in [3.05, 3.63) is 108 Å². The lowest BCUT2D eigenvalue weighted by Gasteiger charge is -2.29. The molecule has 0 radical (unpaired) electrons. The standard InChI is InChI=1S/C34H36N6O3S/c1-25-36-34(29-18-19-35-32(22-29)38-44(42,43)24-26-10-3-2-4-11-26)37-40(25)21-20-39(30-15-6-7-16-30)33(41)23-28-14-9-13-27-12-5-8-17-31(27)28/h2-5,8-14,17-19,22,30H,6-7,15-16,20-21,23-24H2,1H3,(H,35,38). The molecule has 44 heavy (non-hydrogen) atoms. The van der Waals surface area contributed by atoms with Gasteiger partial charge in [-0.05, 0) is 53.8 Å². The first kappa shape index (κ1) is 29.5. The van der Waals surface area contributed by atoms with Crippen molar-refractivity contribution in [1.29, 1.82) is 0 Å². The minimum absolute atomic E-state index is 0.132. The summed E-state index contributed by atoms with van der Waals surface area (Å²) >= 11 is 0. The number of amides is 1. The van der Waals surface area contributed by atoms with Gasteiger partial charge in [0.05, 0.1) is 18.7 Å². The maximum Gasteiger partial charge on any atom is 0.238 e. The van der Waals surface area contributed by atoms with Crippen LogP contribution >= 0.6 is 0 Å². The number of hydrogen-bond donors (Lipinski definition) is 1. The Kier molecular flexibility index (Phi) is 8.70. The van der Waals surface area contributed by atoms with Crippen LogP contribution in [0.3, 0.4) is 0 Å². The first-order chi connectivity index (χ1) is 21.3. The molecule has 1 aliphatic rings. The number of benzene rings is 3. The Morgan fingerprint density at radius 1 is 0.977 bits per heavy atom. The van der Waals surface area contributed by atoms with Crippen LogP contribution in [-0.2, 0) is 33.5 Å². The van der Waals surface area contributed by atoms with E-state index in [9.17, 15) is 13.2 Å². The van der Waals surface area contributed by atoms with Gasteiger partial charge >= 0.3 is 0 Å². The van der Waals surface area contributed by atoms with Gasteiger partial charge in [-0.3, -0.25) is 9.52 Å². The summed E-state index contributed by atoms with van der Waals surface area (Å²) in [4.78, 5) is 24.7. The number of nitrogens with zero attached hydrogens (tertiary/aromatic N) is 5. The van der Waals surface area contributed by atoms with Gasteiger partial charge in [-0.2, -0.15) is 5.10 Å². The van der Waals surface area contributed by atoms with Gasteiger partial charge in [0.1, 0.15) is 11.6 Å². The van der Waals surface area contributed by atoms with Crippen molar-refractivity contribution >= 4 is 32.5 Å². The van der Waals surface area contributed by atoms with E-state index in [0.29, 0.717) is 36.5 Å². The zero-order valence-corrected chi connectivity index (χ0v) is 25.6. The molecule has 1 amide bonds. The molecule has 226 valence electrons. The molecule has 10 heteroatoms. The monoisotopic (exact) mass is 608 g/mol. The van der Waals surface area contributed by atoms with E-state index in [1.807, 2.05) is 59.0 Å². The highest BCUT2D eigenvalue weighted by Crippen LogP contribution is 2.26. The first-order valence-electron chi connectivity index (χ1n) is 15.0. The number of carbonyl (C=O) groups is 1. The van der Waals surface area contributed by atoms with Gasteiger partial charge in [0, 0.05) is 24.3 Å². The molecule has 0 bridgehead atoms. The quantitative estimate of drug-likeness (QED) is 0.204. The van der Waals surface area contributed by atoms with E-state index < -0.39 is 10.0 Å². The van der Waals surface area contributed by atoms with Crippen LogP contribution in [0.4, 0.5) is 5.82 Å². The average Bonchev–Trinajstić information content (AvgIpc) is 3.68. The van der Waals surface area contributed by atoms with Gasteiger partial charge in [0.2, 0.25) is 15.9 Å². The van der Waals surface area contributed by atoms with Crippen LogP contribution in [0.25, 0.3) is 22.2 Å². The largest absolute Gasteiger partial charge is 0.338 e. The zero-order chi connectivity index (χ0) is 30.5. The lowest BCUT2D eigenvalue weighted by Crippen LogP contribution is -2.42. The molecule has 3 aromatic carbocycles. The Labute approximate surface area is 258 Å². The first-order valence-corrected chi connectivity index (χ1v) is 16.7. The van der Waals surface area contributed by atoms with Crippen LogP contribution in [-0.4, -0.2) is 51.6 Å². The van der Waals surface area contributed by atoms with Crippen molar-refractivity contribution < 1.29 is 13.2 Å². The van der Waals surface area contributed by atoms with Crippen LogP contribution in [0.2, 0.25) is 0 Å². The summed E-state index contributed by atoms with van der Waals surface area (Å²) in [7, 11) is -3.66. The van der Waals surface area contributed by atoms with Crippen molar-refractivity contribution in [2.24, 2.45) is 0 Å². The fourth-order valence-electron chi connectivity index (χ4n) is 6.01. The number of hydrogen-bond acceptors (Lipinski definition) is 6. The number of pyridine rings is 1. The maximum absolute atomic E-state index is 13.8. The van der Waals surface area contributed by atoms with Gasteiger partial charge in [-0.25, -0.2) is 23.1 Å².